The Hall–Kier alpha value is -1.05. The van der Waals surface area contributed by atoms with Crippen LogP contribution in [-0.2, 0) is 10.2 Å². The second kappa shape index (κ2) is 5.00. The van der Waals surface area contributed by atoms with Crippen LogP contribution >= 0.6 is 11.3 Å². The summed E-state index contributed by atoms with van der Waals surface area (Å²) in [6.45, 7) is 3.85. The van der Waals surface area contributed by atoms with Crippen molar-refractivity contribution < 1.29 is 4.74 Å². The van der Waals surface area contributed by atoms with Crippen molar-refractivity contribution in [1.82, 2.24) is 19.8 Å². The maximum absolute atomic E-state index is 6.32. The SMILES string of the molecule is CC1(c2nn3c(C4CCOCC4)nnc3s2)CCCC1N. The fourth-order valence-corrected chi connectivity index (χ4v) is 4.62. The maximum Gasteiger partial charge on any atom is 0.234 e. The molecule has 2 fully saturated rings. The first-order chi connectivity index (χ1) is 10.2. The van der Waals surface area contributed by atoms with Crippen LogP contribution in [-0.4, -0.2) is 39.1 Å². The van der Waals surface area contributed by atoms with Crippen molar-refractivity contribution in [3.8, 4) is 0 Å². The Bertz CT molecular complexity index is 647. The van der Waals surface area contributed by atoms with Crippen LogP contribution in [0.1, 0.15) is 55.8 Å². The van der Waals surface area contributed by atoms with E-state index in [0.717, 1.165) is 54.7 Å². The summed E-state index contributed by atoms with van der Waals surface area (Å²) < 4.78 is 7.39. The highest BCUT2D eigenvalue weighted by molar-refractivity contribution is 7.16. The van der Waals surface area contributed by atoms with E-state index in [9.17, 15) is 0 Å². The zero-order valence-corrected chi connectivity index (χ0v) is 13.1. The predicted molar refractivity (Wildman–Crippen MR) is 80.6 cm³/mol. The van der Waals surface area contributed by atoms with Gasteiger partial charge in [0.25, 0.3) is 0 Å². The largest absolute Gasteiger partial charge is 0.381 e. The highest BCUT2D eigenvalue weighted by atomic mass is 32.1. The van der Waals surface area contributed by atoms with E-state index in [4.69, 9.17) is 15.6 Å². The molecule has 1 saturated heterocycles. The molecule has 2 N–H and O–H groups in total. The molecule has 0 aromatic carbocycles. The number of ether oxygens (including phenoxy) is 1. The fourth-order valence-electron chi connectivity index (χ4n) is 3.53. The quantitative estimate of drug-likeness (QED) is 0.916. The van der Waals surface area contributed by atoms with Crippen LogP contribution in [0.4, 0.5) is 0 Å². The molecular formula is C14H21N5OS. The third-order valence-corrected chi connectivity index (χ3v) is 6.30. The number of nitrogens with zero attached hydrogens (tertiary/aromatic N) is 4. The minimum absolute atomic E-state index is 0.00167. The summed E-state index contributed by atoms with van der Waals surface area (Å²) in [5, 5.41) is 14.6. The van der Waals surface area contributed by atoms with Crippen LogP contribution in [0, 0.1) is 0 Å². The van der Waals surface area contributed by atoms with E-state index in [0.29, 0.717) is 5.92 Å². The summed E-state index contributed by atoms with van der Waals surface area (Å²) in [6.07, 6.45) is 5.40. The molecule has 1 saturated carbocycles. The van der Waals surface area contributed by atoms with Crippen LogP contribution < -0.4 is 5.73 Å². The van der Waals surface area contributed by atoms with E-state index in [2.05, 4.69) is 17.1 Å². The van der Waals surface area contributed by atoms with Crippen molar-refractivity contribution in [2.24, 2.45) is 5.73 Å². The van der Waals surface area contributed by atoms with Crippen molar-refractivity contribution in [3.05, 3.63) is 10.8 Å². The summed E-state index contributed by atoms with van der Waals surface area (Å²) in [4.78, 5) is 0.895. The number of hydrogen-bond acceptors (Lipinski definition) is 6. The Morgan fingerprint density at radius 2 is 2.10 bits per heavy atom. The molecule has 1 aliphatic carbocycles. The average Bonchev–Trinajstić information content (AvgIpc) is 3.15. The lowest BCUT2D eigenvalue weighted by molar-refractivity contribution is 0.0831. The average molecular weight is 307 g/mol. The van der Waals surface area contributed by atoms with Crippen molar-refractivity contribution in [3.63, 3.8) is 0 Å². The van der Waals surface area contributed by atoms with Gasteiger partial charge < -0.3 is 10.5 Å². The number of fused-ring (bicyclic) bond motifs is 1. The summed E-state index contributed by atoms with van der Waals surface area (Å²) >= 11 is 1.65. The maximum atomic E-state index is 6.32. The van der Waals surface area contributed by atoms with Gasteiger partial charge in [0, 0.05) is 30.6 Å². The Morgan fingerprint density at radius 1 is 1.29 bits per heavy atom. The number of nitrogens with two attached hydrogens (primary N) is 1. The van der Waals surface area contributed by atoms with Gasteiger partial charge in [0.1, 0.15) is 5.01 Å². The molecule has 2 atom stereocenters. The molecule has 2 aromatic rings. The van der Waals surface area contributed by atoms with Crippen LogP contribution in [0.25, 0.3) is 4.96 Å². The molecule has 0 bridgehead atoms. The van der Waals surface area contributed by atoms with Crippen molar-refractivity contribution in [1.29, 1.82) is 0 Å². The van der Waals surface area contributed by atoms with Gasteiger partial charge in [-0.2, -0.15) is 9.61 Å². The molecule has 0 radical (unpaired) electrons. The Labute approximate surface area is 127 Å². The van der Waals surface area contributed by atoms with Gasteiger partial charge in [-0.25, -0.2) is 0 Å². The molecule has 3 heterocycles. The van der Waals surface area contributed by atoms with E-state index in [-0.39, 0.29) is 11.5 Å². The highest BCUT2D eigenvalue weighted by Gasteiger charge is 2.41. The van der Waals surface area contributed by atoms with E-state index >= 15 is 0 Å². The van der Waals surface area contributed by atoms with E-state index < -0.39 is 0 Å². The van der Waals surface area contributed by atoms with Gasteiger partial charge in [-0.3, -0.25) is 0 Å². The number of rotatable bonds is 2. The van der Waals surface area contributed by atoms with Crippen LogP contribution in [0.15, 0.2) is 0 Å². The normalized spacial score (nSPS) is 31.2. The molecule has 2 unspecified atom stereocenters. The summed E-state index contributed by atoms with van der Waals surface area (Å²) in [7, 11) is 0. The van der Waals surface area contributed by atoms with Crippen molar-refractivity contribution in [2.75, 3.05) is 13.2 Å². The van der Waals surface area contributed by atoms with Crippen LogP contribution in [0.2, 0.25) is 0 Å². The van der Waals surface area contributed by atoms with Gasteiger partial charge in [0.05, 0.1) is 0 Å². The monoisotopic (exact) mass is 307 g/mol. The minimum atomic E-state index is -0.00167. The summed E-state index contributed by atoms with van der Waals surface area (Å²) in [6, 6.07) is 0.202. The standard InChI is InChI=1S/C14H21N5OS/c1-14(6-2-3-10(14)15)12-18-19-11(16-17-13(19)21-12)9-4-7-20-8-5-9/h9-10H,2-8,15H2,1H3. The van der Waals surface area contributed by atoms with Crippen molar-refractivity contribution >= 4 is 16.3 Å². The van der Waals surface area contributed by atoms with Gasteiger partial charge in [-0.05, 0) is 25.7 Å². The van der Waals surface area contributed by atoms with Crippen LogP contribution in [0.3, 0.4) is 0 Å². The van der Waals surface area contributed by atoms with Crippen molar-refractivity contribution in [2.45, 2.75) is 56.4 Å². The fraction of sp³-hybridized carbons (Fsp3) is 0.786. The molecule has 0 amide bonds. The lowest BCUT2D eigenvalue weighted by atomic mass is 9.86. The smallest absolute Gasteiger partial charge is 0.234 e. The van der Waals surface area contributed by atoms with Gasteiger partial charge >= 0.3 is 0 Å². The van der Waals surface area contributed by atoms with Crippen LogP contribution in [0.5, 0.6) is 0 Å². The molecule has 2 aliphatic rings. The topological polar surface area (TPSA) is 78.3 Å². The molecule has 0 spiro atoms. The second-order valence-corrected chi connectivity index (χ2v) is 7.42. The molecule has 1 aliphatic heterocycles. The first-order valence-corrected chi connectivity index (χ1v) is 8.56. The summed E-state index contributed by atoms with van der Waals surface area (Å²) in [5.41, 5.74) is 6.32. The zero-order valence-electron chi connectivity index (χ0n) is 12.3. The zero-order chi connectivity index (χ0) is 14.4. The van der Waals surface area contributed by atoms with Gasteiger partial charge in [0.2, 0.25) is 4.96 Å². The van der Waals surface area contributed by atoms with Gasteiger partial charge in [0.15, 0.2) is 5.82 Å². The Balaban J connectivity index is 1.72. The second-order valence-electron chi connectivity index (χ2n) is 6.46. The molecule has 6 nitrogen and oxygen atoms in total. The van der Waals surface area contributed by atoms with E-state index in [1.165, 1.54) is 6.42 Å². The highest BCUT2D eigenvalue weighted by Crippen LogP contribution is 2.41. The Morgan fingerprint density at radius 3 is 2.81 bits per heavy atom. The first kappa shape index (κ1) is 13.6. The first-order valence-electron chi connectivity index (χ1n) is 7.74. The van der Waals surface area contributed by atoms with Gasteiger partial charge in [-0.1, -0.05) is 24.7 Å². The lowest BCUT2D eigenvalue weighted by Crippen LogP contribution is -2.38. The van der Waals surface area contributed by atoms with Gasteiger partial charge in [-0.15, -0.1) is 10.2 Å². The van der Waals surface area contributed by atoms with E-state index in [1.807, 2.05) is 4.52 Å². The van der Waals surface area contributed by atoms with E-state index in [1.54, 1.807) is 11.3 Å². The minimum Gasteiger partial charge on any atom is -0.381 e. The third-order valence-electron chi connectivity index (χ3n) is 5.12. The third kappa shape index (κ3) is 2.10. The summed E-state index contributed by atoms with van der Waals surface area (Å²) in [5.74, 6) is 1.40. The molecule has 7 heteroatoms. The number of hydrogen-bond donors (Lipinski definition) is 1. The lowest BCUT2D eigenvalue weighted by Gasteiger charge is -2.25. The molecule has 2 aromatic heterocycles. The molecule has 21 heavy (non-hydrogen) atoms. The molecule has 114 valence electrons. The Kier molecular flexibility index (Phi) is 3.24. The predicted octanol–water partition coefficient (Wildman–Crippen LogP) is 1.85. The number of aromatic nitrogens is 4. The molecular weight excluding hydrogens is 286 g/mol. The molecule has 4 rings (SSSR count).